The predicted octanol–water partition coefficient (Wildman–Crippen LogP) is 7.10. The van der Waals surface area contributed by atoms with E-state index in [-0.39, 0.29) is 28.9 Å². The van der Waals surface area contributed by atoms with E-state index in [4.69, 9.17) is 9.47 Å². The van der Waals surface area contributed by atoms with Crippen LogP contribution < -0.4 is 5.32 Å². The molecule has 2 aromatic rings. The number of nitrogens with one attached hydrogen (secondary N) is 1. The van der Waals surface area contributed by atoms with Crippen molar-refractivity contribution in [1.82, 2.24) is 5.32 Å². The Bertz CT molecular complexity index is 899. The monoisotopic (exact) mass is 465 g/mol. The van der Waals surface area contributed by atoms with E-state index in [1.807, 2.05) is 20.8 Å². The Morgan fingerprint density at radius 2 is 1.24 bits per heavy atom. The number of carbonyl (C=O) groups is 1. The highest BCUT2D eigenvalue weighted by Gasteiger charge is 2.35. The summed E-state index contributed by atoms with van der Waals surface area (Å²) in [5.41, 5.74) is 4.85. The molecule has 186 valence electrons. The molecule has 1 heterocycles. The number of carbonyl (C=O) groups excluding carboxylic acids is 1. The molecule has 0 spiro atoms. The smallest absolute Gasteiger partial charge is 0.430 e. The van der Waals surface area contributed by atoms with E-state index in [1.54, 1.807) is 0 Å². The first-order valence-corrected chi connectivity index (χ1v) is 12.5. The van der Waals surface area contributed by atoms with Crippen molar-refractivity contribution < 1.29 is 14.3 Å². The minimum Gasteiger partial charge on any atom is -0.430 e. The van der Waals surface area contributed by atoms with Crippen LogP contribution >= 0.6 is 0 Å². The summed E-state index contributed by atoms with van der Waals surface area (Å²) in [4.78, 5) is 12.2. The summed E-state index contributed by atoms with van der Waals surface area (Å²) >= 11 is 0. The van der Waals surface area contributed by atoms with Gasteiger partial charge in [0.15, 0.2) is 0 Å². The van der Waals surface area contributed by atoms with Crippen LogP contribution in [-0.2, 0) is 20.3 Å². The molecule has 0 aromatic heterocycles. The number of hydrogen-bond donors (Lipinski definition) is 1. The molecule has 34 heavy (non-hydrogen) atoms. The lowest BCUT2D eigenvalue weighted by atomic mass is 9.80. The van der Waals surface area contributed by atoms with E-state index in [0.29, 0.717) is 6.54 Å². The van der Waals surface area contributed by atoms with Crippen molar-refractivity contribution >= 4 is 6.16 Å². The van der Waals surface area contributed by atoms with Crippen molar-refractivity contribution in [2.24, 2.45) is 0 Å². The van der Waals surface area contributed by atoms with Gasteiger partial charge in [-0.25, -0.2) is 4.79 Å². The van der Waals surface area contributed by atoms with Crippen molar-refractivity contribution in [2.75, 3.05) is 6.54 Å². The lowest BCUT2D eigenvalue weighted by molar-refractivity contribution is -0.0233. The van der Waals surface area contributed by atoms with Crippen LogP contribution in [0.25, 0.3) is 0 Å². The third kappa shape index (κ3) is 6.85. The molecule has 1 fully saturated rings. The quantitative estimate of drug-likeness (QED) is 0.489. The minimum absolute atomic E-state index is 0.111. The van der Waals surface area contributed by atoms with Crippen molar-refractivity contribution in [3.8, 4) is 0 Å². The maximum absolute atomic E-state index is 12.2. The summed E-state index contributed by atoms with van der Waals surface area (Å²) < 4.78 is 11.0. The third-order valence-electron chi connectivity index (χ3n) is 6.45. The summed E-state index contributed by atoms with van der Waals surface area (Å²) in [6, 6.07) is 18.2. The van der Waals surface area contributed by atoms with Crippen LogP contribution in [0.4, 0.5) is 4.79 Å². The van der Waals surface area contributed by atoms with Crippen LogP contribution in [-0.4, -0.2) is 30.4 Å². The van der Waals surface area contributed by atoms with E-state index in [1.165, 1.54) is 22.3 Å². The first-order valence-electron chi connectivity index (χ1n) is 12.5. The largest absolute Gasteiger partial charge is 0.509 e. The molecule has 1 saturated heterocycles. The number of rotatable bonds is 4. The first-order chi connectivity index (χ1) is 15.6. The molecule has 2 aromatic carbocycles. The number of ether oxygens (including phenoxy) is 2. The summed E-state index contributed by atoms with van der Waals surface area (Å²) in [7, 11) is 0. The topological polar surface area (TPSA) is 47.6 Å². The van der Waals surface area contributed by atoms with Crippen molar-refractivity contribution in [3.63, 3.8) is 0 Å². The second kappa shape index (κ2) is 9.73. The summed E-state index contributed by atoms with van der Waals surface area (Å²) in [5.74, 6) is 0.162. The third-order valence-corrected chi connectivity index (χ3v) is 6.45. The lowest BCUT2D eigenvalue weighted by Gasteiger charge is -2.27. The fourth-order valence-corrected chi connectivity index (χ4v) is 4.52. The molecular weight excluding hydrogens is 422 g/mol. The second-order valence-corrected chi connectivity index (χ2v) is 12.7. The Labute approximate surface area is 206 Å². The molecule has 1 unspecified atom stereocenters. The fraction of sp³-hybridized carbons (Fsp3) is 0.567. The lowest BCUT2D eigenvalue weighted by Crippen LogP contribution is -2.30. The first kappa shape index (κ1) is 26.3. The van der Waals surface area contributed by atoms with E-state index in [2.05, 4.69) is 95.4 Å². The Hall–Kier alpha value is -2.33. The zero-order chi connectivity index (χ0) is 25.3. The number of benzene rings is 2. The Morgan fingerprint density at radius 1 is 0.794 bits per heavy atom. The van der Waals surface area contributed by atoms with Crippen LogP contribution in [0, 0.1) is 0 Å². The summed E-state index contributed by atoms with van der Waals surface area (Å²) in [5, 5.41) is 3.63. The zero-order valence-corrected chi connectivity index (χ0v) is 22.5. The minimum atomic E-state index is -0.597. The molecular formula is C30H43NO3. The molecule has 2 atom stereocenters. The summed E-state index contributed by atoms with van der Waals surface area (Å²) in [6.07, 6.45) is -0.0583. The predicted molar refractivity (Wildman–Crippen MR) is 140 cm³/mol. The highest BCUT2D eigenvalue weighted by Crippen LogP contribution is 2.35. The molecule has 3 rings (SSSR count). The SMILES string of the molecule is CC(C)(C)OC(=O)O[C@H]1CNC(C(c2ccc(C(C)(C)C)cc2)c2ccc(C(C)(C)C)cc2)C1. The maximum Gasteiger partial charge on any atom is 0.509 e. The molecule has 0 amide bonds. The Kier molecular flexibility index (Phi) is 7.52. The van der Waals surface area contributed by atoms with Gasteiger partial charge in [0, 0.05) is 24.9 Å². The van der Waals surface area contributed by atoms with E-state index < -0.39 is 11.8 Å². The molecule has 0 bridgehead atoms. The van der Waals surface area contributed by atoms with Gasteiger partial charge in [-0.3, -0.25) is 0 Å². The van der Waals surface area contributed by atoms with Crippen molar-refractivity contribution in [1.29, 1.82) is 0 Å². The fourth-order valence-electron chi connectivity index (χ4n) is 4.52. The van der Waals surface area contributed by atoms with Gasteiger partial charge < -0.3 is 14.8 Å². The van der Waals surface area contributed by atoms with Crippen molar-refractivity contribution in [3.05, 3.63) is 70.8 Å². The van der Waals surface area contributed by atoms with Gasteiger partial charge in [0.2, 0.25) is 0 Å². The zero-order valence-electron chi connectivity index (χ0n) is 22.5. The van der Waals surface area contributed by atoms with Crippen LogP contribution in [0.1, 0.15) is 96.9 Å². The van der Waals surface area contributed by atoms with E-state index >= 15 is 0 Å². The van der Waals surface area contributed by atoms with Crippen LogP contribution in [0.3, 0.4) is 0 Å². The van der Waals surface area contributed by atoms with E-state index in [9.17, 15) is 4.79 Å². The Balaban J connectivity index is 1.86. The molecule has 4 nitrogen and oxygen atoms in total. The van der Waals surface area contributed by atoms with Crippen LogP contribution in [0.2, 0.25) is 0 Å². The van der Waals surface area contributed by atoms with Gasteiger partial charge in [-0.2, -0.15) is 0 Å². The average Bonchev–Trinajstić information content (AvgIpc) is 3.14. The van der Waals surface area contributed by atoms with Gasteiger partial charge in [0.25, 0.3) is 0 Å². The highest BCUT2D eigenvalue weighted by atomic mass is 16.7. The van der Waals surface area contributed by atoms with Crippen LogP contribution in [0.5, 0.6) is 0 Å². The van der Waals surface area contributed by atoms with Gasteiger partial charge in [-0.05, 0) is 53.9 Å². The maximum atomic E-state index is 12.2. The number of hydrogen-bond acceptors (Lipinski definition) is 4. The molecule has 1 N–H and O–H groups in total. The molecule has 4 heteroatoms. The molecule has 0 aliphatic carbocycles. The highest BCUT2D eigenvalue weighted by molar-refractivity contribution is 5.60. The average molecular weight is 466 g/mol. The molecule has 1 aliphatic heterocycles. The second-order valence-electron chi connectivity index (χ2n) is 12.7. The molecule has 0 radical (unpaired) electrons. The molecule has 0 saturated carbocycles. The standard InChI is InChI=1S/C30H43NO3/c1-28(2,3)22-14-10-20(11-15-22)26(21-12-16-23(17-13-21)29(4,5)6)25-18-24(19-31-25)33-27(32)34-30(7,8)9/h10-17,24-26,31H,18-19H2,1-9H3/t24-,25?/m1/s1. The van der Waals surface area contributed by atoms with Gasteiger partial charge >= 0.3 is 6.16 Å². The van der Waals surface area contributed by atoms with Crippen LogP contribution in [0.15, 0.2) is 48.5 Å². The normalized spacial score (nSPS) is 19.4. The van der Waals surface area contributed by atoms with E-state index in [0.717, 1.165) is 6.42 Å². The van der Waals surface area contributed by atoms with Gasteiger partial charge in [-0.1, -0.05) is 90.1 Å². The van der Waals surface area contributed by atoms with Gasteiger partial charge in [0.05, 0.1) is 0 Å². The summed E-state index contributed by atoms with van der Waals surface area (Å²) in [6.45, 7) is 19.6. The molecule has 1 aliphatic rings. The Morgan fingerprint density at radius 3 is 1.62 bits per heavy atom. The van der Waals surface area contributed by atoms with Gasteiger partial charge in [0.1, 0.15) is 11.7 Å². The van der Waals surface area contributed by atoms with Crippen molar-refractivity contribution in [2.45, 2.75) is 103 Å². The van der Waals surface area contributed by atoms with Gasteiger partial charge in [-0.15, -0.1) is 0 Å².